The molecule has 3 aromatic carbocycles. The molecule has 41 heavy (non-hydrogen) atoms. The summed E-state index contributed by atoms with van der Waals surface area (Å²) in [5.41, 5.74) is 1.87. The van der Waals surface area contributed by atoms with Gasteiger partial charge in [-0.1, -0.05) is 67.4 Å². The first-order valence-electron chi connectivity index (χ1n) is 13.6. The number of amides is 2. The van der Waals surface area contributed by atoms with Gasteiger partial charge in [0.1, 0.15) is 18.3 Å². The summed E-state index contributed by atoms with van der Waals surface area (Å²) in [4.78, 5) is 29.0. The third-order valence-corrected chi connectivity index (χ3v) is 8.92. The summed E-state index contributed by atoms with van der Waals surface area (Å²) < 4.78 is 34.6. The average Bonchev–Trinajstić information content (AvgIpc) is 2.96. The SMILES string of the molecule is CC[C@@H](C)NC(=O)[C@H](CC)N(Cc1ccc(Cl)cc1)C(=O)CN(c1ccccc1OC)S(=O)(=O)c1ccc(C)cc1. The molecule has 0 radical (unpaired) electrons. The van der Waals surface area contributed by atoms with Crippen LogP contribution in [-0.2, 0) is 26.2 Å². The number of hydrogen-bond acceptors (Lipinski definition) is 5. The van der Waals surface area contributed by atoms with E-state index in [-0.39, 0.29) is 29.1 Å². The van der Waals surface area contributed by atoms with Crippen LogP contribution in [0.25, 0.3) is 0 Å². The number of methoxy groups -OCH3 is 1. The Morgan fingerprint density at radius 3 is 2.17 bits per heavy atom. The van der Waals surface area contributed by atoms with E-state index in [9.17, 15) is 18.0 Å². The quantitative estimate of drug-likeness (QED) is 0.277. The lowest BCUT2D eigenvalue weighted by Crippen LogP contribution is -2.53. The summed E-state index contributed by atoms with van der Waals surface area (Å²) in [5.74, 6) is -0.538. The van der Waals surface area contributed by atoms with Crippen molar-refractivity contribution in [2.75, 3.05) is 18.0 Å². The Labute approximate surface area is 248 Å². The fourth-order valence-electron chi connectivity index (χ4n) is 4.33. The van der Waals surface area contributed by atoms with Crippen LogP contribution in [0.3, 0.4) is 0 Å². The van der Waals surface area contributed by atoms with Crippen molar-refractivity contribution in [3.63, 3.8) is 0 Å². The summed E-state index contributed by atoms with van der Waals surface area (Å²) in [6, 6.07) is 19.1. The van der Waals surface area contributed by atoms with Gasteiger partial charge in [-0.2, -0.15) is 0 Å². The molecule has 10 heteroatoms. The molecule has 0 bridgehead atoms. The third-order valence-electron chi connectivity index (χ3n) is 6.89. The number of halogens is 1. The minimum atomic E-state index is -4.20. The standard InChI is InChI=1S/C31H38ClN3O5S/c1-6-23(4)33-31(37)27(7-2)34(20-24-14-16-25(32)17-15-24)30(36)21-35(28-10-8-9-11-29(28)40-5)41(38,39)26-18-12-22(3)13-19-26/h8-19,23,27H,6-7,20-21H2,1-5H3,(H,33,37)/t23-,27+/m1/s1. The molecule has 0 fully saturated rings. The Bertz CT molecular complexity index is 1430. The number of carbonyl (C=O) groups is 2. The zero-order chi connectivity index (χ0) is 30.2. The minimum absolute atomic E-state index is 0.0348. The predicted molar refractivity (Wildman–Crippen MR) is 163 cm³/mol. The average molecular weight is 600 g/mol. The second-order valence-electron chi connectivity index (χ2n) is 9.89. The van der Waals surface area contributed by atoms with E-state index in [1.165, 1.54) is 24.1 Å². The summed E-state index contributed by atoms with van der Waals surface area (Å²) in [6.45, 7) is 7.09. The van der Waals surface area contributed by atoms with E-state index < -0.39 is 28.5 Å². The fourth-order valence-corrected chi connectivity index (χ4v) is 5.88. The van der Waals surface area contributed by atoms with Crippen LogP contribution in [0.4, 0.5) is 5.69 Å². The van der Waals surface area contributed by atoms with E-state index in [1.807, 2.05) is 27.7 Å². The molecule has 0 unspecified atom stereocenters. The van der Waals surface area contributed by atoms with Crippen LogP contribution in [-0.4, -0.2) is 50.9 Å². The Balaban J connectivity index is 2.09. The number of anilines is 1. The van der Waals surface area contributed by atoms with Gasteiger partial charge in [-0.25, -0.2) is 8.42 Å². The summed E-state index contributed by atoms with van der Waals surface area (Å²) in [7, 11) is -2.76. The van der Waals surface area contributed by atoms with Crippen LogP contribution >= 0.6 is 11.6 Å². The summed E-state index contributed by atoms with van der Waals surface area (Å²) in [5, 5.41) is 3.51. The lowest BCUT2D eigenvalue weighted by Gasteiger charge is -2.34. The molecule has 8 nitrogen and oxygen atoms in total. The van der Waals surface area contributed by atoms with Gasteiger partial charge in [-0.15, -0.1) is 0 Å². The molecule has 1 N–H and O–H groups in total. The topological polar surface area (TPSA) is 96.0 Å². The van der Waals surface area contributed by atoms with Crippen molar-refractivity contribution in [1.82, 2.24) is 10.2 Å². The van der Waals surface area contributed by atoms with Crippen LogP contribution in [0.5, 0.6) is 5.75 Å². The molecule has 0 saturated heterocycles. The Hall–Kier alpha value is -3.56. The van der Waals surface area contributed by atoms with Gasteiger partial charge in [0.2, 0.25) is 11.8 Å². The number of nitrogens with zero attached hydrogens (tertiary/aromatic N) is 2. The number of para-hydroxylation sites is 2. The maximum Gasteiger partial charge on any atom is 0.264 e. The second-order valence-corrected chi connectivity index (χ2v) is 12.2. The van der Waals surface area contributed by atoms with E-state index in [0.717, 1.165) is 21.9 Å². The number of carbonyl (C=O) groups excluding carboxylic acids is 2. The van der Waals surface area contributed by atoms with Crippen molar-refractivity contribution >= 4 is 39.1 Å². The number of nitrogens with one attached hydrogen (secondary N) is 1. The molecule has 0 aromatic heterocycles. The largest absolute Gasteiger partial charge is 0.495 e. The zero-order valence-electron chi connectivity index (χ0n) is 24.1. The molecule has 0 aliphatic heterocycles. The number of benzene rings is 3. The normalized spacial score (nSPS) is 12.7. The predicted octanol–water partition coefficient (Wildman–Crippen LogP) is 5.57. The van der Waals surface area contributed by atoms with E-state index >= 15 is 0 Å². The van der Waals surface area contributed by atoms with E-state index in [1.54, 1.807) is 60.7 Å². The van der Waals surface area contributed by atoms with E-state index in [4.69, 9.17) is 16.3 Å². The zero-order valence-corrected chi connectivity index (χ0v) is 25.7. The van der Waals surface area contributed by atoms with Gasteiger partial charge in [-0.3, -0.25) is 13.9 Å². The molecule has 3 rings (SSSR count). The molecule has 0 spiro atoms. The maximum absolute atomic E-state index is 14.2. The van der Waals surface area contributed by atoms with Crippen molar-refractivity contribution in [3.8, 4) is 5.75 Å². The molecule has 0 saturated carbocycles. The van der Waals surface area contributed by atoms with Crippen LogP contribution < -0.4 is 14.4 Å². The van der Waals surface area contributed by atoms with Gasteiger partial charge in [0.25, 0.3) is 10.0 Å². The van der Waals surface area contributed by atoms with Crippen LogP contribution in [0.1, 0.15) is 44.7 Å². The van der Waals surface area contributed by atoms with Crippen molar-refractivity contribution in [2.24, 2.45) is 0 Å². The van der Waals surface area contributed by atoms with Gasteiger partial charge < -0.3 is 15.0 Å². The maximum atomic E-state index is 14.2. The lowest BCUT2D eigenvalue weighted by atomic mass is 10.1. The molecule has 2 amide bonds. The van der Waals surface area contributed by atoms with Gasteiger partial charge in [0.05, 0.1) is 17.7 Å². The molecule has 2 atom stereocenters. The highest BCUT2D eigenvalue weighted by atomic mass is 35.5. The third kappa shape index (κ3) is 8.01. The summed E-state index contributed by atoms with van der Waals surface area (Å²) in [6.07, 6.45) is 1.06. The van der Waals surface area contributed by atoms with Gasteiger partial charge in [0.15, 0.2) is 0 Å². The molecule has 0 aliphatic rings. The molecule has 0 heterocycles. The molecule has 3 aromatic rings. The molecular formula is C31H38ClN3O5S. The van der Waals surface area contributed by atoms with Crippen molar-refractivity contribution in [1.29, 1.82) is 0 Å². The Morgan fingerprint density at radius 1 is 0.951 bits per heavy atom. The second kappa shape index (κ2) is 14.4. The highest BCUT2D eigenvalue weighted by Crippen LogP contribution is 2.32. The first kappa shape index (κ1) is 32.0. The van der Waals surface area contributed by atoms with Gasteiger partial charge in [0, 0.05) is 17.6 Å². The highest BCUT2D eigenvalue weighted by Gasteiger charge is 2.35. The smallest absolute Gasteiger partial charge is 0.264 e. The number of ether oxygens (including phenoxy) is 1. The van der Waals surface area contributed by atoms with Crippen LogP contribution in [0, 0.1) is 6.92 Å². The van der Waals surface area contributed by atoms with Crippen molar-refractivity contribution in [2.45, 2.75) is 64.1 Å². The van der Waals surface area contributed by atoms with Crippen molar-refractivity contribution in [3.05, 3.63) is 88.9 Å². The number of aryl methyl sites for hydroxylation is 1. The van der Waals surface area contributed by atoms with E-state index in [2.05, 4.69) is 5.32 Å². The van der Waals surface area contributed by atoms with Crippen LogP contribution in [0.2, 0.25) is 5.02 Å². The minimum Gasteiger partial charge on any atom is -0.495 e. The lowest BCUT2D eigenvalue weighted by molar-refractivity contribution is -0.140. The molecular weight excluding hydrogens is 562 g/mol. The Kier molecular flexibility index (Phi) is 11.2. The highest BCUT2D eigenvalue weighted by molar-refractivity contribution is 7.92. The van der Waals surface area contributed by atoms with E-state index in [0.29, 0.717) is 17.2 Å². The van der Waals surface area contributed by atoms with Gasteiger partial charge in [-0.05, 0) is 68.7 Å². The molecule has 0 aliphatic carbocycles. The summed E-state index contributed by atoms with van der Waals surface area (Å²) >= 11 is 6.08. The number of hydrogen-bond donors (Lipinski definition) is 1. The van der Waals surface area contributed by atoms with Crippen LogP contribution in [0.15, 0.2) is 77.7 Å². The Morgan fingerprint density at radius 2 is 1.59 bits per heavy atom. The number of rotatable bonds is 13. The first-order valence-corrected chi connectivity index (χ1v) is 15.4. The molecule has 220 valence electrons. The van der Waals surface area contributed by atoms with Crippen molar-refractivity contribution < 1.29 is 22.7 Å². The monoisotopic (exact) mass is 599 g/mol. The first-order chi connectivity index (χ1) is 19.5. The fraction of sp³-hybridized carbons (Fsp3) is 0.355. The number of sulfonamides is 1. The van der Waals surface area contributed by atoms with Gasteiger partial charge >= 0.3 is 0 Å².